The largest absolute Gasteiger partial charge is 0.322 e. The molecule has 1 amide bonds. The molecule has 0 radical (unpaired) electrons. The summed E-state index contributed by atoms with van der Waals surface area (Å²) >= 11 is 0. The second-order valence-electron chi connectivity index (χ2n) is 4.41. The van der Waals surface area contributed by atoms with Crippen molar-refractivity contribution in [3.8, 4) is 11.8 Å². The molecular formula is C16H14FN3O. The monoisotopic (exact) mass is 283 g/mol. The molecule has 0 fully saturated rings. The minimum atomic E-state index is -0.453. The summed E-state index contributed by atoms with van der Waals surface area (Å²) < 4.78 is 13.5. The Kier molecular flexibility index (Phi) is 4.64. The van der Waals surface area contributed by atoms with Crippen LogP contribution in [0.3, 0.4) is 0 Å². The van der Waals surface area contributed by atoms with Gasteiger partial charge in [-0.2, -0.15) is 0 Å². The molecule has 0 aliphatic heterocycles. The third-order valence-electron chi connectivity index (χ3n) is 2.69. The number of rotatable bonds is 2. The number of carbonyl (C=O) groups excluding carboxylic acids is 1. The van der Waals surface area contributed by atoms with Crippen molar-refractivity contribution >= 4 is 11.6 Å². The zero-order valence-electron chi connectivity index (χ0n) is 11.5. The lowest BCUT2D eigenvalue weighted by molar-refractivity contribution is 0.102. The molecule has 1 heterocycles. The number of benzene rings is 1. The summed E-state index contributed by atoms with van der Waals surface area (Å²) in [6.45, 7) is 1.99. The Morgan fingerprint density at radius 1 is 1.38 bits per heavy atom. The van der Waals surface area contributed by atoms with Crippen molar-refractivity contribution < 1.29 is 9.18 Å². The standard InChI is InChI=1S/C16H14FN3O/c1-11-7-13(10-19-9-11)16(21)20-14-4-5-15(17)12(8-14)3-2-6-18/h4-5,7-10H,6,18H2,1H3,(H,20,21). The molecule has 1 aromatic carbocycles. The molecule has 5 heteroatoms. The third kappa shape index (κ3) is 3.88. The summed E-state index contributed by atoms with van der Waals surface area (Å²) in [4.78, 5) is 16.0. The van der Waals surface area contributed by atoms with Crippen LogP contribution in [0.1, 0.15) is 21.5 Å². The van der Waals surface area contributed by atoms with E-state index in [-0.39, 0.29) is 18.0 Å². The number of aromatic nitrogens is 1. The molecule has 0 aliphatic carbocycles. The normalized spacial score (nSPS) is 9.67. The smallest absolute Gasteiger partial charge is 0.257 e. The lowest BCUT2D eigenvalue weighted by Crippen LogP contribution is -2.12. The fourth-order valence-corrected chi connectivity index (χ4v) is 1.73. The van der Waals surface area contributed by atoms with Crippen molar-refractivity contribution in [3.05, 3.63) is 59.2 Å². The topological polar surface area (TPSA) is 68.0 Å². The van der Waals surface area contributed by atoms with Crippen molar-refractivity contribution in [1.29, 1.82) is 0 Å². The van der Waals surface area contributed by atoms with Crippen LogP contribution >= 0.6 is 0 Å². The summed E-state index contributed by atoms with van der Waals surface area (Å²) in [6.07, 6.45) is 3.14. The van der Waals surface area contributed by atoms with Crippen molar-refractivity contribution in [3.63, 3.8) is 0 Å². The summed E-state index contributed by atoms with van der Waals surface area (Å²) in [5.41, 5.74) is 7.24. The Balaban J connectivity index is 2.21. The number of aryl methyl sites for hydroxylation is 1. The molecule has 2 aromatic rings. The molecule has 0 unspecified atom stereocenters. The molecule has 106 valence electrons. The van der Waals surface area contributed by atoms with Gasteiger partial charge in [0.15, 0.2) is 0 Å². The number of carbonyl (C=O) groups is 1. The molecule has 0 aliphatic rings. The number of anilines is 1. The molecular weight excluding hydrogens is 269 g/mol. The molecule has 3 N–H and O–H groups in total. The Morgan fingerprint density at radius 3 is 2.90 bits per heavy atom. The number of halogens is 1. The van der Waals surface area contributed by atoms with Crippen LogP contribution in [0, 0.1) is 24.6 Å². The van der Waals surface area contributed by atoms with E-state index in [2.05, 4.69) is 22.1 Å². The first-order chi connectivity index (χ1) is 10.1. The zero-order valence-corrected chi connectivity index (χ0v) is 11.5. The molecule has 0 spiro atoms. The first kappa shape index (κ1) is 14.7. The van der Waals surface area contributed by atoms with Crippen LogP contribution in [-0.4, -0.2) is 17.4 Å². The minimum Gasteiger partial charge on any atom is -0.322 e. The van der Waals surface area contributed by atoms with Crippen LogP contribution in [0.4, 0.5) is 10.1 Å². The number of hydrogen-bond donors (Lipinski definition) is 2. The first-order valence-electron chi connectivity index (χ1n) is 6.31. The van der Waals surface area contributed by atoms with Crippen LogP contribution in [0.25, 0.3) is 0 Å². The number of nitrogens with two attached hydrogens (primary N) is 1. The van der Waals surface area contributed by atoms with Crippen LogP contribution in [-0.2, 0) is 0 Å². The number of amides is 1. The average molecular weight is 283 g/mol. The van der Waals surface area contributed by atoms with E-state index in [9.17, 15) is 9.18 Å². The zero-order chi connectivity index (χ0) is 15.2. The lowest BCUT2D eigenvalue weighted by Gasteiger charge is -2.06. The van der Waals surface area contributed by atoms with E-state index in [0.717, 1.165) is 5.56 Å². The van der Waals surface area contributed by atoms with Crippen molar-refractivity contribution in [2.75, 3.05) is 11.9 Å². The quantitative estimate of drug-likeness (QED) is 0.829. The average Bonchev–Trinajstić information content (AvgIpc) is 2.47. The third-order valence-corrected chi connectivity index (χ3v) is 2.69. The van der Waals surface area contributed by atoms with Gasteiger partial charge in [0.2, 0.25) is 0 Å². The van der Waals surface area contributed by atoms with Gasteiger partial charge in [0, 0.05) is 18.1 Å². The predicted molar refractivity (Wildman–Crippen MR) is 79.3 cm³/mol. The molecule has 0 bridgehead atoms. The van der Waals surface area contributed by atoms with Crippen molar-refractivity contribution in [2.45, 2.75) is 6.92 Å². The predicted octanol–water partition coefficient (Wildman–Crippen LogP) is 2.09. The van der Waals surface area contributed by atoms with E-state index in [1.807, 2.05) is 6.92 Å². The van der Waals surface area contributed by atoms with Crippen molar-refractivity contribution in [2.24, 2.45) is 5.73 Å². The van der Waals surface area contributed by atoms with Gasteiger partial charge in [-0.1, -0.05) is 11.8 Å². The van der Waals surface area contributed by atoms with Gasteiger partial charge in [-0.05, 0) is 36.8 Å². The van der Waals surface area contributed by atoms with E-state index in [4.69, 9.17) is 5.73 Å². The van der Waals surface area contributed by atoms with Crippen molar-refractivity contribution in [1.82, 2.24) is 4.98 Å². The summed E-state index contributed by atoms with van der Waals surface area (Å²) in [7, 11) is 0. The fraction of sp³-hybridized carbons (Fsp3) is 0.125. The molecule has 0 atom stereocenters. The Hall–Kier alpha value is -2.71. The molecule has 0 saturated heterocycles. The van der Waals surface area contributed by atoms with Gasteiger partial charge in [-0.3, -0.25) is 9.78 Å². The second-order valence-corrected chi connectivity index (χ2v) is 4.41. The van der Waals surface area contributed by atoms with Gasteiger partial charge in [0.25, 0.3) is 5.91 Å². The highest BCUT2D eigenvalue weighted by Crippen LogP contribution is 2.15. The summed E-state index contributed by atoms with van der Waals surface area (Å²) in [6, 6.07) is 5.93. The highest BCUT2D eigenvalue weighted by molar-refractivity contribution is 6.04. The highest BCUT2D eigenvalue weighted by Gasteiger charge is 2.08. The van der Waals surface area contributed by atoms with E-state index >= 15 is 0 Å². The fourth-order valence-electron chi connectivity index (χ4n) is 1.73. The van der Waals surface area contributed by atoms with E-state index in [1.54, 1.807) is 12.3 Å². The van der Waals surface area contributed by atoms with Gasteiger partial charge in [-0.15, -0.1) is 0 Å². The van der Waals surface area contributed by atoms with Crippen LogP contribution in [0.5, 0.6) is 0 Å². The van der Waals surface area contributed by atoms with E-state index < -0.39 is 5.82 Å². The van der Waals surface area contributed by atoms with Gasteiger partial charge >= 0.3 is 0 Å². The summed E-state index contributed by atoms with van der Waals surface area (Å²) in [5, 5.41) is 2.68. The highest BCUT2D eigenvalue weighted by atomic mass is 19.1. The maximum absolute atomic E-state index is 13.5. The van der Waals surface area contributed by atoms with Gasteiger partial charge in [0.1, 0.15) is 5.82 Å². The number of hydrogen-bond acceptors (Lipinski definition) is 3. The molecule has 0 saturated carbocycles. The first-order valence-corrected chi connectivity index (χ1v) is 6.31. The Bertz CT molecular complexity index is 732. The molecule has 21 heavy (non-hydrogen) atoms. The Labute approximate surface area is 122 Å². The van der Waals surface area contributed by atoms with E-state index in [0.29, 0.717) is 11.3 Å². The van der Waals surface area contributed by atoms with Gasteiger partial charge in [0.05, 0.1) is 17.7 Å². The molecule has 2 rings (SSSR count). The second kappa shape index (κ2) is 6.64. The molecule has 1 aromatic heterocycles. The SMILES string of the molecule is Cc1cncc(C(=O)Nc2ccc(F)c(C#CCN)c2)c1. The van der Waals surface area contributed by atoms with Crippen LogP contribution in [0.15, 0.2) is 36.7 Å². The van der Waals surface area contributed by atoms with Crippen LogP contribution in [0.2, 0.25) is 0 Å². The van der Waals surface area contributed by atoms with Gasteiger partial charge in [-0.25, -0.2) is 4.39 Å². The number of pyridine rings is 1. The maximum Gasteiger partial charge on any atom is 0.257 e. The maximum atomic E-state index is 13.5. The summed E-state index contributed by atoms with van der Waals surface area (Å²) in [5.74, 6) is 4.44. The number of nitrogens with one attached hydrogen (secondary N) is 1. The van der Waals surface area contributed by atoms with Crippen LogP contribution < -0.4 is 11.1 Å². The Morgan fingerprint density at radius 2 is 2.19 bits per heavy atom. The molecule has 4 nitrogen and oxygen atoms in total. The minimum absolute atomic E-state index is 0.144. The number of nitrogens with zero attached hydrogens (tertiary/aromatic N) is 1. The lowest BCUT2D eigenvalue weighted by atomic mass is 10.1. The van der Waals surface area contributed by atoms with E-state index in [1.165, 1.54) is 24.4 Å². The van der Waals surface area contributed by atoms with Gasteiger partial charge < -0.3 is 11.1 Å².